The molecule has 0 spiro atoms. The Kier molecular flexibility index (Phi) is 3.62. The van der Waals surface area contributed by atoms with Crippen molar-refractivity contribution in [1.29, 1.82) is 0 Å². The van der Waals surface area contributed by atoms with Gasteiger partial charge >= 0.3 is 0 Å². The first-order valence-corrected chi connectivity index (χ1v) is 9.69. The molecule has 5 rings (SSSR count). The van der Waals surface area contributed by atoms with Crippen LogP contribution < -0.4 is 0 Å². The van der Waals surface area contributed by atoms with Crippen molar-refractivity contribution in [2.24, 2.45) is 0 Å². The Bertz CT molecular complexity index is 1230. The summed E-state index contributed by atoms with van der Waals surface area (Å²) in [7, 11) is 0. The van der Waals surface area contributed by atoms with Gasteiger partial charge in [-0.15, -0.1) is 11.3 Å². The van der Waals surface area contributed by atoms with Crippen LogP contribution in [0.1, 0.15) is 5.56 Å². The maximum absolute atomic E-state index is 2.25. The second kappa shape index (κ2) is 6.12. The summed E-state index contributed by atoms with van der Waals surface area (Å²) in [5.74, 6) is 0. The maximum Gasteiger partial charge on any atom is 0.0434 e. The smallest absolute Gasteiger partial charge is 0.0434 e. The Morgan fingerprint density at radius 3 is 2.04 bits per heavy atom. The van der Waals surface area contributed by atoms with Crippen LogP contribution in [-0.2, 0) is 0 Å². The van der Waals surface area contributed by atoms with Crippen LogP contribution in [0.3, 0.4) is 0 Å². The second-order valence-electron chi connectivity index (χ2n) is 6.69. The SMILES string of the molecule is Cc1ccc(-c2ccccc2-c2cccc3c2sc2ccccc23)cc1. The van der Waals surface area contributed by atoms with Gasteiger partial charge in [0.25, 0.3) is 0 Å². The molecule has 0 nitrogen and oxygen atoms in total. The molecule has 4 aromatic carbocycles. The minimum absolute atomic E-state index is 1.27. The molecule has 0 radical (unpaired) electrons. The van der Waals surface area contributed by atoms with Crippen molar-refractivity contribution in [2.75, 3.05) is 0 Å². The third-order valence-corrected chi connectivity index (χ3v) is 6.20. The Morgan fingerprint density at radius 1 is 0.538 bits per heavy atom. The van der Waals surface area contributed by atoms with Gasteiger partial charge in [-0.05, 0) is 29.7 Å². The molecule has 0 aliphatic rings. The highest BCUT2D eigenvalue weighted by Crippen LogP contribution is 2.42. The van der Waals surface area contributed by atoms with Crippen LogP contribution in [0, 0.1) is 6.92 Å². The van der Waals surface area contributed by atoms with Crippen LogP contribution in [0.2, 0.25) is 0 Å². The van der Waals surface area contributed by atoms with E-state index in [1.165, 1.54) is 48.0 Å². The molecule has 5 aromatic rings. The monoisotopic (exact) mass is 350 g/mol. The van der Waals surface area contributed by atoms with Gasteiger partial charge < -0.3 is 0 Å². The zero-order valence-corrected chi connectivity index (χ0v) is 15.4. The number of aryl methyl sites for hydroxylation is 1. The van der Waals surface area contributed by atoms with Gasteiger partial charge in [-0.25, -0.2) is 0 Å². The first-order valence-electron chi connectivity index (χ1n) is 8.88. The Morgan fingerprint density at radius 2 is 1.19 bits per heavy atom. The molecule has 0 saturated carbocycles. The molecule has 0 saturated heterocycles. The normalized spacial score (nSPS) is 11.3. The standard InChI is InChI=1S/C25H18S/c1-17-13-15-18(16-14-17)19-7-2-3-8-20(19)22-10-6-11-23-21-9-4-5-12-24(21)26-25(22)23/h2-16H,1H3. The third-order valence-electron chi connectivity index (χ3n) is 4.98. The summed E-state index contributed by atoms with van der Waals surface area (Å²) in [4.78, 5) is 0. The van der Waals surface area contributed by atoms with E-state index in [0.29, 0.717) is 0 Å². The molecule has 0 aliphatic heterocycles. The molecule has 124 valence electrons. The molecule has 0 amide bonds. The van der Waals surface area contributed by atoms with E-state index in [9.17, 15) is 0 Å². The second-order valence-corrected chi connectivity index (χ2v) is 7.74. The first-order chi connectivity index (χ1) is 12.8. The molecule has 0 N–H and O–H groups in total. The number of hydrogen-bond acceptors (Lipinski definition) is 1. The highest BCUT2D eigenvalue weighted by molar-refractivity contribution is 7.26. The average molecular weight is 350 g/mol. The Balaban J connectivity index is 1.80. The lowest BCUT2D eigenvalue weighted by molar-refractivity contribution is 1.47. The topological polar surface area (TPSA) is 0 Å². The lowest BCUT2D eigenvalue weighted by Crippen LogP contribution is -1.85. The highest BCUT2D eigenvalue weighted by atomic mass is 32.1. The lowest BCUT2D eigenvalue weighted by Gasteiger charge is -2.11. The maximum atomic E-state index is 2.25. The van der Waals surface area contributed by atoms with Gasteiger partial charge in [0, 0.05) is 25.7 Å². The van der Waals surface area contributed by atoms with E-state index in [-0.39, 0.29) is 0 Å². The van der Waals surface area contributed by atoms with Crippen LogP contribution in [-0.4, -0.2) is 0 Å². The quantitative estimate of drug-likeness (QED) is 0.306. The predicted octanol–water partition coefficient (Wildman–Crippen LogP) is 7.70. The Labute approximate surface area is 157 Å². The molecule has 0 aliphatic carbocycles. The molecule has 0 fully saturated rings. The summed E-state index contributed by atoms with van der Waals surface area (Å²) in [5.41, 5.74) is 6.47. The molecule has 26 heavy (non-hydrogen) atoms. The van der Waals surface area contributed by atoms with Crippen molar-refractivity contribution < 1.29 is 0 Å². The molecule has 0 bridgehead atoms. The van der Waals surface area contributed by atoms with Crippen molar-refractivity contribution in [3.63, 3.8) is 0 Å². The lowest BCUT2D eigenvalue weighted by atomic mass is 9.93. The van der Waals surface area contributed by atoms with E-state index in [0.717, 1.165) is 0 Å². The van der Waals surface area contributed by atoms with Crippen LogP contribution >= 0.6 is 11.3 Å². The first kappa shape index (κ1) is 15.4. The molecular weight excluding hydrogens is 332 g/mol. The van der Waals surface area contributed by atoms with Crippen LogP contribution in [0.25, 0.3) is 42.4 Å². The van der Waals surface area contributed by atoms with E-state index in [4.69, 9.17) is 0 Å². The largest absolute Gasteiger partial charge is 0.135 e. The van der Waals surface area contributed by atoms with E-state index in [2.05, 4.69) is 97.9 Å². The summed E-state index contributed by atoms with van der Waals surface area (Å²) < 4.78 is 2.72. The summed E-state index contributed by atoms with van der Waals surface area (Å²) in [6.45, 7) is 2.13. The van der Waals surface area contributed by atoms with E-state index < -0.39 is 0 Å². The predicted molar refractivity (Wildman–Crippen MR) is 115 cm³/mol. The summed E-state index contributed by atoms with van der Waals surface area (Å²) in [6.07, 6.45) is 0. The molecule has 1 aromatic heterocycles. The van der Waals surface area contributed by atoms with Gasteiger partial charge in [-0.3, -0.25) is 0 Å². The van der Waals surface area contributed by atoms with E-state index in [1.807, 2.05) is 11.3 Å². The number of hydrogen-bond donors (Lipinski definition) is 0. The van der Waals surface area contributed by atoms with Crippen molar-refractivity contribution in [2.45, 2.75) is 6.92 Å². The van der Waals surface area contributed by atoms with Gasteiger partial charge in [-0.1, -0.05) is 90.5 Å². The number of thiophene rings is 1. The van der Waals surface area contributed by atoms with Crippen molar-refractivity contribution in [1.82, 2.24) is 0 Å². The minimum atomic E-state index is 1.27. The summed E-state index contributed by atoms with van der Waals surface area (Å²) in [5, 5.41) is 2.70. The third kappa shape index (κ3) is 2.44. The Hall–Kier alpha value is -2.90. The summed E-state index contributed by atoms with van der Waals surface area (Å²) in [6, 6.07) is 32.9. The fourth-order valence-electron chi connectivity index (χ4n) is 3.66. The van der Waals surface area contributed by atoms with Gasteiger partial charge in [0.15, 0.2) is 0 Å². The fourth-order valence-corrected chi connectivity index (χ4v) is 4.89. The highest BCUT2D eigenvalue weighted by Gasteiger charge is 2.13. The van der Waals surface area contributed by atoms with E-state index >= 15 is 0 Å². The van der Waals surface area contributed by atoms with Gasteiger partial charge in [0.2, 0.25) is 0 Å². The van der Waals surface area contributed by atoms with Crippen molar-refractivity contribution in [3.05, 3.63) is 96.6 Å². The van der Waals surface area contributed by atoms with E-state index in [1.54, 1.807) is 0 Å². The molecular formula is C25H18S. The fraction of sp³-hybridized carbons (Fsp3) is 0.0400. The van der Waals surface area contributed by atoms with Gasteiger partial charge in [-0.2, -0.15) is 0 Å². The number of benzene rings is 4. The number of fused-ring (bicyclic) bond motifs is 3. The molecule has 1 heteroatoms. The van der Waals surface area contributed by atoms with Crippen LogP contribution in [0.4, 0.5) is 0 Å². The molecule has 1 heterocycles. The molecule has 0 unspecified atom stereocenters. The van der Waals surface area contributed by atoms with Crippen LogP contribution in [0.5, 0.6) is 0 Å². The zero-order chi connectivity index (χ0) is 17.5. The zero-order valence-electron chi connectivity index (χ0n) is 14.6. The average Bonchev–Trinajstić information content (AvgIpc) is 3.07. The minimum Gasteiger partial charge on any atom is -0.135 e. The van der Waals surface area contributed by atoms with Gasteiger partial charge in [0.1, 0.15) is 0 Å². The van der Waals surface area contributed by atoms with Gasteiger partial charge in [0.05, 0.1) is 0 Å². The van der Waals surface area contributed by atoms with Crippen molar-refractivity contribution in [3.8, 4) is 22.3 Å². The number of rotatable bonds is 2. The van der Waals surface area contributed by atoms with Crippen LogP contribution in [0.15, 0.2) is 91.0 Å². The summed E-state index contributed by atoms with van der Waals surface area (Å²) >= 11 is 1.89. The molecule has 0 atom stereocenters. The van der Waals surface area contributed by atoms with Crippen molar-refractivity contribution >= 4 is 31.5 Å².